The molecule has 4 nitrogen and oxygen atoms in total. The summed E-state index contributed by atoms with van der Waals surface area (Å²) in [4.78, 5) is 12.0. The zero-order valence-corrected chi connectivity index (χ0v) is 10.2. The molecule has 0 aliphatic rings. The van der Waals surface area contributed by atoms with Gasteiger partial charge in [-0.3, -0.25) is 9.89 Å². The van der Waals surface area contributed by atoms with Gasteiger partial charge in [-0.25, -0.2) is 4.39 Å². The highest BCUT2D eigenvalue weighted by Crippen LogP contribution is 2.15. The molecule has 2 rings (SSSR count). The lowest BCUT2D eigenvalue weighted by molar-refractivity contribution is 0.102. The molecule has 0 radical (unpaired) electrons. The number of hydrogen-bond acceptors (Lipinski definition) is 2. The van der Waals surface area contributed by atoms with Gasteiger partial charge in [0, 0.05) is 11.1 Å². The summed E-state index contributed by atoms with van der Waals surface area (Å²) in [5.74, 6) is -0.205. The van der Waals surface area contributed by atoms with Gasteiger partial charge in [-0.1, -0.05) is 13.0 Å². The van der Waals surface area contributed by atoms with Crippen LogP contribution in [0.15, 0.2) is 24.4 Å². The number of benzene rings is 1. The second-order valence-electron chi connectivity index (χ2n) is 4.04. The van der Waals surface area contributed by atoms with Crippen LogP contribution >= 0.6 is 0 Å². The molecule has 1 aromatic heterocycles. The predicted octanol–water partition coefficient (Wildman–Crippen LogP) is 2.67. The van der Waals surface area contributed by atoms with Crippen LogP contribution in [0.25, 0.3) is 0 Å². The number of carbonyl (C=O) groups excluding carboxylic acids is 1. The van der Waals surface area contributed by atoms with Gasteiger partial charge < -0.3 is 5.32 Å². The number of nitrogens with zero attached hydrogens (tertiary/aromatic N) is 1. The first-order valence-electron chi connectivity index (χ1n) is 5.71. The number of H-pyrrole nitrogens is 1. The summed E-state index contributed by atoms with van der Waals surface area (Å²) in [5, 5.41) is 9.28. The molecule has 2 N–H and O–H groups in total. The smallest absolute Gasteiger partial charge is 0.257 e. The van der Waals surface area contributed by atoms with Crippen LogP contribution in [0.4, 0.5) is 10.2 Å². The molecule has 0 unspecified atom stereocenters. The van der Waals surface area contributed by atoms with Crippen LogP contribution in [-0.4, -0.2) is 16.1 Å². The summed E-state index contributed by atoms with van der Waals surface area (Å²) in [6.45, 7) is 3.73. The number of rotatable bonds is 3. The topological polar surface area (TPSA) is 57.8 Å². The van der Waals surface area contributed by atoms with Gasteiger partial charge in [0.15, 0.2) is 0 Å². The van der Waals surface area contributed by atoms with E-state index in [9.17, 15) is 9.18 Å². The number of amides is 1. The molecule has 0 aliphatic heterocycles. The average molecular weight is 247 g/mol. The Morgan fingerprint density at radius 3 is 3.00 bits per heavy atom. The van der Waals surface area contributed by atoms with E-state index >= 15 is 0 Å². The third-order valence-electron chi connectivity index (χ3n) is 2.78. The highest BCUT2D eigenvalue weighted by molar-refractivity contribution is 6.05. The lowest BCUT2D eigenvalue weighted by Gasteiger charge is -2.07. The maximum atomic E-state index is 13.1. The standard InChI is InChI=1S/C13H14FN3O/c1-3-9-7-15-17-12(9)16-13(18)11-6-10(14)5-4-8(11)2/h4-7H,3H2,1-2H3,(H2,15,16,17,18). The minimum Gasteiger partial charge on any atom is -0.307 e. The maximum absolute atomic E-state index is 13.1. The lowest BCUT2D eigenvalue weighted by atomic mass is 10.1. The van der Waals surface area contributed by atoms with Crippen molar-refractivity contribution in [3.05, 3.63) is 46.9 Å². The maximum Gasteiger partial charge on any atom is 0.257 e. The Hall–Kier alpha value is -2.17. The molecular weight excluding hydrogens is 233 g/mol. The van der Waals surface area contributed by atoms with Gasteiger partial charge in [-0.05, 0) is 31.0 Å². The molecule has 0 saturated heterocycles. The van der Waals surface area contributed by atoms with Crippen molar-refractivity contribution in [2.24, 2.45) is 0 Å². The second kappa shape index (κ2) is 5.00. The van der Waals surface area contributed by atoms with Crippen LogP contribution in [0.3, 0.4) is 0 Å². The fourth-order valence-corrected chi connectivity index (χ4v) is 1.71. The quantitative estimate of drug-likeness (QED) is 0.876. The van der Waals surface area contributed by atoms with E-state index in [2.05, 4.69) is 15.5 Å². The Kier molecular flexibility index (Phi) is 3.41. The SMILES string of the molecule is CCc1cn[nH]c1NC(=O)c1cc(F)ccc1C. The predicted molar refractivity (Wildman–Crippen MR) is 67.1 cm³/mol. The van der Waals surface area contributed by atoms with Crippen molar-refractivity contribution < 1.29 is 9.18 Å². The van der Waals surface area contributed by atoms with E-state index in [0.29, 0.717) is 11.4 Å². The molecule has 0 saturated carbocycles. The minimum absolute atomic E-state index is 0.326. The number of aromatic amines is 1. The number of carbonyl (C=O) groups is 1. The van der Waals surface area contributed by atoms with E-state index in [1.807, 2.05) is 6.92 Å². The second-order valence-corrected chi connectivity index (χ2v) is 4.04. The number of nitrogens with one attached hydrogen (secondary N) is 2. The molecule has 1 amide bonds. The van der Waals surface area contributed by atoms with Crippen molar-refractivity contribution in [1.82, 2.24) is 10.2 Å². The molecule has 0 atom stereocenters. The van der Waals surface area contributed by atoms with Crippen molar-refractivity contribution in [2.45, 2.75) is 20.3 Å². The number of anilines is 1. The Balaban J connectivity index is 2.25. The number of aryl methyl sites for hydroxylation is 2. The van der Waals surface area contributed by atoms with E-state index in [4.69, 9.17) is 0 Å². The van der Waals surface area contributed by atoms with E-state index in [0.717, 1.165) is 17.5 Å². The average Bonchev–Trinajstić information content (AvgIpc) is 2.79. The van der Waals surface area contributed by atoms with Crippen molar-refractivity contribution in [3.8, 4) is 0 Å². The molecule has 1 heterocycles. The number of aromatic nitrogens is 2. The highest BCUT2D eigenvalue weighted by Gasteiger charge is 2.12. The summed E-state index contributed by atoms with van der Waals surface area (Å²) in [7, 11) is 0. The third-order valence-corrected chi connectivity index (χ3v) is 2.78. The first kappa shape index (κ1) is 12.3. The van der Waals surface area contributed by atoms with Crippen LogP contribution in [-0.2, 0) is 6.42 Å². The van der Waals surface area contributed by atoms with Crippen LogP contribution in [0.5, 0.6) is 0 Å². The molecule has 1 aromatic carbocycles. The zero-order chi connectivity index (χ0) is 13.1. The van der Waals surface area contributed by atoms with Gasteiger partial charge in [-0.2, -0.15) is 5.10 Å². The van der Waals surface area contributed by atoms with Crippen LogP contribution in [0, 0.1) is 12.7 Å². The van der Waals surface area contributed by atoms with Crippen molar-refractivity contribution in [3.63, 3.8) is 0 Å². The zero-order valence-electron chi connectivity index (χ0n) is 10.2. The first-order chi connectivity index (χ1) is 8.61. The molecule has 18 heavy (non-hydrogen) atoms. The highest BCUT2D eigenvalue weighted by atomic mass is 19.1. The Morgan fingerprint density at radius 1 is 1.50 bits per heavy atom. The molecule has 0 bridgehead atoms. The molecule has 0 fully saturated rings. The fourth-order valence-electron chi connectivity index (χ4n) is 1.71. The van der Waals surface area contributed by atoms with Gasteiger partial charge in [0.05, 0.1) is 6.20 Å². The van der Waals surface area contributed by atoms with E-state index in [1.54, 1.807) is 19.2 Å². The molecule has 5 heteroatoms. The van der Waals surface area contributed by atoms with Crippen molar-refractivity contribution in [2.75, 3.05) is 5.32 Å². The van der Waals surface area contributed by atoms with E-state index < -0.39 is 5.82 Å². The first-order valence-corrected chi connectivity index (χ1v) is 5.71. The Morgan fingerprint density at radius 2 is 2.28 bits per heavy atom. The monoisotopic (exact) mass is 247 g/mol. The van der Waals surface area contributed by atoms with Crippen molar-refractivity contribution >= 4 is 11.7 Å². The van der Waals surface area contributed by atoms with Gasteiger partial charge >= 0.3 is 0 Å². The van der Waals surface area contributed by atoms with Gasteiger partial charge in [0.1, 0.15) is 11.6 Å². The van der Waals surface area contributed by atoms with Crippen molar-refractivity contribution in [1.29, 1.82) is 0 Å². The fraction of sp³-hybridized carbons (Fsp3) is 0.231. The van der Waals surface area contributed by atoms with E-state index in [-0.39, 0.29) is 5.91 Å². The molecule has 94 valence electrons. The summed E-state index contributed by atoms with van der Waals surface area (Å²) in [6.07, 6.45) is 2.42. The van der Waals surface area contributed by atoms with Gasteiger partial charge in [-0.15, -0.1) is 0 Å². The normalized spacial score (nSPS) is 10.4. The number of halogens is 1. The molecular formula is C13H14FN3O. The van der Waals surface area contributed by atoms with Crippen LogP contribution in [0.2, 0.25) is 0 Å². The Labute approximate surface area is 104 Å². The number of hydrogen-bond donors (Lipinski definition) is 2. The summed E-state index contributed by atoms with van der Waals surface area (Å²) in [5.41, 5.74) is 1.97. The summed E-state index contributed by atoms with van der Waals surface area (Å²) in [6, 6.07) is 4.14. The minimum atomic E-state index is -0.425. The molecule has 0 aliphatic carbocycles. The van der Waals surface area contributed by atoms with E-state index in [1.165, 1.54) is 12.1 Å². The largest absolute Gasteiger partial charge is 0.307 e. The third kappa shape index (κ3) is 2.40. The van der Waals surface area contributed by atoms with Crippen LogP contribution in [0.1, 0.15) is 28.4 Å². The molecule has 2 aromatic rings. The molecule has 0 spiro atoms. The van der Waals surface area contributed by atoms with Crippen LogP contribution < -0.4 is 5.32 Å². The summed E-state index contributed by atoms with van der Waals surface area (Å²) >= 11 is 0. The van der Waals surface area contributed by atoms with Gasteiger partial charge in [0.25, 0.3) is 5.91 Å². The summed E-state index contributed by atoms with van der Waals surface area (Å²) < 4.78 is 13.1. The Bertz CT molecular complexity index is 577. The lowest BCUT2D eigenvalue weighted by Crippen LogP contribution is -2.15. The van der Waals surface area contributed by atoms with Gasteiger partial charge in [0.2, 0.25) is 0 Å².